The highest BCUT2D eigenvalue weighted by molar-refractivity contribution is 6.03. The molecule has 7 nitrogen and oxygen atoms in total. The van der Waals surface area contributed by atoms with Gasteiger partial charge in [-0.2, -0.15) is 0 Å². The first-order chi connectivity index (χ1) is 14.1. The summed E-state index contributed by atoms with van der Waals surface area (Å²) in [6.07, 6.45) is 3.07. The van der Waals surface area contributed by atoms with E-state index in [0.717, 1.165) is 24.5 Å². The topological polar surface area (TPSA) is 73.2 Å². The Labute approximate surface area is 171 Å². The Morgan fingerprint density at radius 2 is 1.86 bits per heavy atom. The lowest BCUT2D eigenvalue weighted by molar-refractivity contribution is -0.111. The molecule has 3 rings (SSSR count). The van der Waals surface area contributed by atoms with Gasteiger partial charge in [-0.3, -0.25) is 4.79 Å². The van der Waals surface area contributed by atoms with Gasteiger partial charge in [0.25, 0.3) is 0 Å². The van der Waals surface area contributed by atoms with Crippen LogP contribution in [-0.4, -0.2) is 45.4 Å². The van der Waals surface area contributed by atoms with Crippen LogP contribution in [0, 0.1) is 6.92 Å². The number of carbonyl (C=O) groups is 1. The molecule has 1 amide bonds. The van der Waals surface area contributed by atoms with Crippen molar-refractivity contribution in [1.29, 1.82) is 0 Å². The molecule has 1 aromatic heterocycles. The van der Waals surface area contributed by atoms with E-state index < -0.39 is 0 Å². The summed E-state index contributed by atoms with van der Waals surface area (Å²) in [4.78, 5) is 14.7. The van der Waals surface area contributed by atoms with Gasteiger partial charge in [0.15, 0.2) is 0 Å². The maximum absolute atomic E-state index is 12.4. The van der Waals surface area contributed by atoms with E-state index >= 15 is 0 Å². The molecule has 1 fully saturated rings. The van der Waals surface area contributed by atoms with Crippen LogP contribution in [0.15, 0.2) is 34.8 Å². The molecular weight excluding hydrogens is 372 g/mol. The molecule has 0 spiro atoms. The zero-order valence-corrected chi connectivity index (χ0v) is 17.2. The van der Waals surface area contributed by atoms with E-state index in [1.165, 1.54) is 6.08 Å². The molecule has 0 atom stereocenters. The largest absolute Gasteiger partial charge is 0.492 e. The molecule has 1 saturated heterocycles. The first-order valence-electron chi connectivity index (χ1n) is 9.92. The lowest BCUT2D eigenvalue weighted by Gasteiger charge is -2.31. The molecule has 2 heterocycles. The second-order valence-corrected chi connectivity index (χ2v) is 6.55. The van der Waals surface area contributed by atoms with Crippen LogP contribution < -0.4 is 19.7 Å². The summed E-state index contributed by atoms with van der Waals surface area (Å²) in [7, 11) is 0. The highest BCUT2D eigenvalue weighted by Gasteiger charge is 2.20. The van der Waals surface area contributed by atoms with Crippen LogP contribution in [0.3, 0.4) is 0 Å². The number of nitrogens with one attached hydrogen (secondary N) is 1. The molecular formula is C22H28N2O5. The minimum atomic E-state index is -0.276. The van der Waals surface area contributed by atoms with Crippen molar-refractivity contribution < 1.29 is 23.4 Å². The van der Waals surface area contributed by atoms with Gasteiger partial charge in [0.1, 0.15) is 23.0 Å². The summed E-state index contributed by atoms with van der Waals surface area (Å²) in [5.41, 5.74) is 1.51. The second-order valence-electron chi connectivity index (χ2n) is 6.55. The second kappa shape index (κ2) is 10.0. The molecule has 0 saturated carbocycles. The zero-order chi connectivity index (χ0) is 20.6. The number of aryl methyl sites for hydroxylation is 1. The SMILES string of the molecule is CCOc1cc(N2CCOCC2)c(OCC)cc1NC(=O)/C=C/c1ccc(C)o1. The van der Waals surface area contributed by atoms with E-state index in [1.54, 1.807) is 6.08 Å². The highest BCUT2D eigenvalue weighted by Crippen LogP contribution is 2.39. The predicted octanol–water partition coefficient (Wildman–Crippen LogP) is 3.87. The van der Waals surface area contributed by atoms with Gasteiger partial charge >= 0.3 is 0 Å². The highest BCUT2D eigenvalue weighted by atomic mass is 16.5. The van der Waals surface area contributed by atoms with Gasteiger partial charge in [0.2, 0.25) is 5.91 Å². The number of ether oxygens (including phenoxy) is 3. The first kappa shape index (κ1) is 20.8. The Bertz CT molecular complexity index is 853. The molecule has 1 aliphatic heterocycles. The molecule has 29 heavy (non-hydrogen) atoms. The normalized spacial score (nSPS) is 14.2. The minimum Gasteiger partial charge on any atom is -0.492 e. The smallest absolute Gasteiger partial charge is 0.248 e. The third kappa shape index (κ3) is 5.54. The van der Waals surface area contributed by atoms with Gasteiger partial charge < -0.3 is 28.8 Å². The van der Waals surface area contributed by atoms with Crippen LogP contribution in [-0.2, 0) is 9.53 Å². The van der Waals surface area contributed by atoms with Crippen molar-refractivity contribution in [3.8, 4) is 11.5 Å². The maximum Gasteiger partial charge on any atom is 0.248 e. The molecule has 1 N–H and O–H groups in total. The van der Waals surface area contributed by atoms with Crippen LogP contribution in [0.2, 0.25) is 0 Å². The predicted molar refractivity (Wildman–Crippen MR) is 113 cm³/mol. The zero-order valence-electron chi connectivity index (χ0n) is 17.2. The summed E-state index contributed by atoms with van der Waals surface area (Å²) in [5.74, 6) is 2.46. The number of hydrogen-bond donors (Lipinski definition) is 1. The molecule has 0 bridgehead atoms. The Hall–Kier alpha value is -2.93. The molecule has 156 valence electrons. The van der Waals surface area contributed by atoms with Crippen molar-refractivity contribution in [3.63, 3.8) is 0 Å². The van der Waals surface area contributed by atoms with Gasteiger partial charge in [-0.1, -0.05) is 0 Å². The number of nitrogens with zero attached hydrogens (tertiary/aromatic N) is 1. The maximum atomic E-state index is 12.4. The number of morpholine rings is 1. The monoisotopic (exact) mass is 400 g/mol. The van der Waals surface area contributed by atoms with E-state index in [1.807, 2.05) is 45.0 Å². The van der Waals surface area contributed by atoms with Gasteiger partial charge in [-0.15, -0.1) is 0 Å². The van der Waals surface area contributed by atoms with Gasteiger partial charge in [-0.25, -0.2) is 0 Å². The standard InChI is InChI=1S/C22H28N2O5/c1-4-27-20-15-19(24-10-12-26-13-11-24)21(28-5-2)14-18(20)23-22(25)9-8-17-7-6-16(3)29-17/h6-9,14-15H,4-5,10-13H2,1-3H3,(H,23,25)/b9-8+. The van der Waals surface area contributed by atoms with Crippen LogP contribution in [0.4, 0.5) is 11.4 Å². The third-order valence-corrected chi connectivity index (χ3v) is 4.43. The average Bonchev–Trinajstić information content (AvgIpc) is 3.14. The van der Waals surface area contributed by atoms with Crippen molar-refractivity contribution in [1.82, 2.24) is 0 Å². The Morgan fingerprint density at radius 3 is 2.52 bits per heavy atom. The van der Waals surface area contributed by atoms with E-state index in [9.17, 15) is 4.79 Å². The number of furan rings is 1. The van der Waals surface area contributed by atoms with Crippen LogP contribution in [0.25, 0.3) is 6.08 Å². The molecule has 0 radical (unpaired) electrons. The summed E-state index contributed by atoms with van der Waals surface area (Å²) in [5, 5.41) is 2.89. The number of rotatable bonds is 8. The lowest BCUT2D eigenvalue weighted by atomic mass is 10.2. The third-order valence-electron chi connectivity index (χ3n) is 4.43. The fraction of sp³-hybridized carbons (Fsp3) is 0.409. The minimum absolute atomic E-state index is 0.276. The summed E-state index contributed by atoms with van der Waals surface area (Å²) >= 11 is 0. The van der Waals surface area contributed by atoms with Crippen LogP contribution in [0.1, 0.15) is 25.4 Å². The number of anilines is 2. The number of carbonyl (C=O) groups excluding carboxylic acids is 1. The Morgan fingerprint density at radius 1 is 1.14 bits per heavy atom. The lowest BCUT2D eigenvalue weighted by Crippen LogP contribution is -2.36. The number of amides is 1. The fourth-order valence-electron chi connectivity index (χ4n) is 3.12. The van der Waals surface area contributed by atoms with Crippen LogP contribution in [0.5, 0.6) is 11.5 Å². The first-order valence-corrected chi connectivity index (χ1v) is 9.92. The van der Waals surface area contributed by atoms with Gasteiger partial charge in [-0.05, 0) is 39.0 Å². The molecule has 1 aromatic carbocycles. The van der Waals surface area contributed by atoms with Gasteiger partial charge in [0, 0.05) is 31.3 Å². The Balaban J connectivity index is 1.84. The van der Waals surface area contributed by atoms with Crippen molar-refractivity contribution in [2.24, 2.45) is 0 Å². The summed E-state index contributed by atoms with van der Waals surface area (Å²) < 4.78 is 22.6. The van der Waals surface area contributed by atoms with Crippen molar-refractivity contribution >= 4 is 23.4 Å². The van der Waals surface area contributed by atoms with E-state index in [4.69, 9.17) is 18.6 Å². The van der Waals surface area contributed by atoms with E-state index in [0.29, 0.717) is 49.4 Å². The molecule has 1 aliphatic rings. The Kier molecular flexibility index (Phi) is 7.19. The van der Waals surface area contributed by atoms with Crippen LogP contribution >= 0.6 is 0 Å². The summed E-state index contributed by atoms with van der Waals surface area (Å²) in [6, 6.07) is 7.41. The van der Waals surface area contributed by atoms with Crippen molar-refractivity contribution in [2.45, 2.75) is 20.8 Å². The average molecular weight is 400 g/mol. The number of benzene rings is 1. The fourth-order valence-corrected chi connectivity index (χ4v) is 3.12. The van der Waals surface area contributed by atoms with Gasteiger partial charge in [0.05, 0.1) is 37.8 Å². The molecule has 7 heteroatoms. The molecule has 2 aromatic rings. The van der Waals surface area contributed by atoms with E-state index in [-0.39, 0.29) is 5.91 Å². The quantitative estimate of drug-likeness (QED) is 0.678. The van der Waals surface area contributed by atoms with Crippen molar-refractivity contribution in [3.05, 3.63) is 41.9 Å². The summed E-state index contributed by atoms with van der Waals surface area (Å²) in [6.45, 7) is 9.62. The number of hydrogen-bond acceptors (Lipinski definition) is 6. The molecule has 0 aliphatic carbocycles. The molecule has 0 unspecified atom stereocenters. The van der Waals surface area contributed by atoms with Crippen molar-refractivity contribution in [2.75, 3.05) is 49.7 Å². The van der Waals surface area contributed by atoms with E-state index in [2.05, 4.69) is 10.2 Å².